The Bertz CT molecular complexity index is 790. The van der Waals surface area contributed by atoms with E-state index in [9.17, 15) is 21.6 Å². The minimum absolute atomic E-state index is 0.225. The van der Waals surface area contributed by atoms with Crippen LogP contribution >= 0.6 is 0 Å². The summed E-state index contributed by atoms with van der Waals surface area (Å²) in [6.07, 6.45) is -4.54. The van der Waals surface area contributed by atoms with Gasteiger partial charge in [0, 0.05) is 5.41 Å². The number of alkyl halides is 3. The van der Waals surface area contributed by atoms with Crippen LogP contribution in [0.1, 0.15) is 32.2 Å². The summed E-state index contributed by atoms with van der Waals surface area (Å²) in [6, 6.07) is 2.72. The molecule has 0 amide bonds. The van der Waals surface area contributed by atoms with E-state index >= 15 is 0 Å². The van der Waals surface area contributed by atoms with Gasteiger partial charge in [-0.05, 0) is 24.3 Å². The lowest BCUT2D eigenvalue weighted by molar-refractivity contribution is -0.137. The highest BCUT2D eigenvalue weighted by Gasteiger charge is 2.31. The zero-order valence-corrected chi connectivity index (χ0v) is 13.3. The van der Waals surface area contributed by atoms with Gasteiger partial charge in [0.1, 0.15) is 0 Å². The van der Waals surface area contributed by atoms with Gasteiger partial charge in [-0.3, -0.25) is 0 Å². The predicted molar refractivity (Wildman–Crippen MR) is 75.3 cm³/mol. The molecule has 0 atom stereocenters. The first-order valence-corrected chi connectivity index (χ1v) is 7.92. The number of rotatable bonds is 3. The van der Waals surface area contributed by atoms with E-state index in [2.05, 4.69) is 10.2 Å². The molecule has 0 saturated carbocycles. The summed E-state index contributed by atoms with van der Waals surface area (Å²) in [6.45, 7) is 5.40. The minimum Gasteiger partial charge on any atom is -0.407 e. The van der Waals surface area contributed by atoms with Crippen LogP contribution < -0.4 is 4.72 Å². The number of anilines is 1. The van der Waals surface area contributed by atoms with Crippen molar-refractivity contribution in [3.8, 4) is 0 Å². The second-order valence-corrected chi connectivity index (χ2v) is 7.47. The number of nitrogens with zero attached hydrogens (tertiary/aromatic N) is 2. The first-order chi connectivity index (χ1) is 10.4. The molecular weight excluding hydrogens is 335 g/mol. The average Bonchev–Trinajstić information content (AvgIpc) is 2.85. The van der Waals surface area contributed by atoms with Gasteiger partial charge < -0.3 is 4.42 Å². The van der Waals surface area contributed by atoms with E-state index in [0.29, 0.717) is 12.1 Å². The molecule has 6 nitrogen and oxygen atoms in total. The lowest BCUT2D eigenvalue weighted by atomic mass is 9.97. The summed E-state index contributed by atoms with van der Waals surface area (Å²) < 4.78 is 68.9. The molecule has 1 N–H and O–H groups in total. The third kappa shape index (κ3) is 4.01. The van der Waals surface area contributed by atoms with E-state index < -0.39 is 27.2 Å². The Balaban J connectivity index is 2.24. The first kappa shape index (κ1) is 17.3. The molecule has 0 saturated heterocycles. The number of aromatic nitrogens is 2. The molecule has 0 fully saturated rings. The largest absolute Gasteiger partial charge is 0.416 e. The van der Waals surface area contributed by atoms with Crippen LogP contribution in [0.2, 0.25) is 0 Å². The molecule has 0 aliphatic carbocycles. The van der Waals surface area contributed by atoms with Crippen molar-refractivity contribution in [2.45, 2.75) is 37.3 Å². The van der Waals surface area contributed by atoms with Crippen molar-refractivity contribution >= 4 is 16.0 Å². The predicted octanol–water partition coefficient (Wildman–Crippen LogP) is 3.19. The van der Waals surface area contributed by atoms with Crippen LogP contribution in [-0.2, 0) is 21.6 Å². The first-order valence-electron chi connectivity index (χ1n) is 6.44. The van der Waals surface area contributed by atoms with E-state index in [4.69, 9.17) is 4.42 Å². The molecule has 0 bridgehead atoms. The molecule has 0 spiro atoms. The molecule has 1 aromatic heterocycles. The quantitative estimate of drug-likeness (QED) is 0.920. The Morgan fingerprint density at radius 3 is 2.04 bits per heavy atom. The van der Waals surface area contributed by atoms with Crippen molar-refractivity contribution < 1.29 is 26.0 Å². The monoisotopic (exact) mass is 349 g/mol. The van der Waals surface area contributed by atoms with Crippen molar-refractivity contribution in [1.29, 1.82) is 0 Å². The van der Waals surface area contributed by atoms with Gasteiger partial charge in [-0.1, -0.05) is 25.9 Å². The number of benzene rings is 1. The Morgan fingerprint density at radius 1 is 1.04 bits per heavy atom. The molecule has 126 valence electrons. The average molecular weight is 349 g/mol. The zero-order chi connectivity index (χ0) is 17.5. The molecule has 0 radical (unpaired) electrons. The van der Waals surface area contributed by atoms with Crippen molar-refractivity contribution in [2.75, 3.05) is 4.72 Å². The van der Waals surface area contributed by atoms with Crippen LogP contribution in [0.15, 0.2) is 33.6 Å². The summed E-state index contributed by atoms with van der Waals surface area (Å²) in [5.41, 5.74) is -1.41. The summed E-state index contributed by atoms with van der Waals surface area (Å²) in [5.74, 6) is 0.225. The van der Waals surface area contributed by atoms with Crippen molar-refractivity contribution in [3.05, 3.63) is 35.7 Å². The molecule has 2 rings (SSSR count). The highest BCUT2D eigenvalue weighted by molar-refractivity contribution is 7.92. The Morgan fingerprint density at radius 2 is 1.61 bits per heavy atom. The van der Waals surface area contributed by atoms with Crippen LogP contribution in [0.5, 0.6) is 0 Å². The third-order valence-corrected chi connectivity index (χ3v) is 4.12. The lowest BCUT2D eigenvalue weighted by Gasteiger charge is -2.11. The van der Waals surface area contributed by atoms with E-state index in [1.165, 1.54) is 0 Å². The van der Waals surface area contributed by atoms with Gasteiger partial charge >= 0.3 is 12.2 Å². The smallest absolute Gasteiger partial charge is 0.407 e. The van der Waals surface area contributed by atoms with Crippen molar-refractivity contribution in [2.24, 2.45) is 0 Å². The van der Waals surface area contributed by atoms with Crippen LogP contribution in [0.4, 0.5) is 19.2 Å². The minimum atomic E-state index is -4.54. The van der Waals surface area contributed by atoms with E-state index in [-0.39, 0.29) is 16.8 Å². The molecule has 10 heteroatoms. The molecule has 2 aromatic rings. The zero-order valence-electron chi connectivity index (χ0n) is 12.5. The molecule has 0 aliphatic heterocycles. The van der Waals surface area contributed by atoms with E-state index in [0.717, 1.165) is 12.1 Å². The molecule has 0 unspecified atom stereocenters. The van der Waals surface area contributed by atoms with Gasteiger partial charge in [-0.2, -0.15) is 13.2 Å². The van der Waals surface area contributed by atoms with E-state index in [1.54, 1.807) is 20.8 Å². The Kier molecular flexibility index (Phi) is 4.14. The van der Waals surface area contributed by atoms with Gasteiger partial charge in [0.25, 0.3) is 10.0 Å². The van der Waals surface area contributed by atoms with Crippen molar-refractivity contribution in [3.63, 3.8) is 0 Å². The fourth-order valence-corrected chi connectivity index (χ4v) is 2.49. The molecule has 23 heavy (non-hydrogen) atoms. The molecule has 1 aromatic carbocycles. The standard InChI is InChI=1S/C13H14F3N3O3S/c1-12(2,3)10-17-18-11(22-10)19-23(20,21)9-6-4-8(5-7-9)13(14,15)16/h4-7H,1-3H3,(H,18,19). The molecule has 0 aliphatic rings. The highest BCUT2D eigenvalue weighted by Crippen LogP contribution is 2.30. The van der Waals surface area contributed by atoms with Crippen LogP contribution in [-0.4, -0.2) is 18.6 Å². The summed E-state index contributed by atoms with van der Waals surface area (Å²) in [5, 5.41) is 7.28. The van der Waals surface area contributed by atoms with Crippen LogP contribution in [0.25, 0.3) is 0 Å². The number of halogens is 3. The topological polar surface area (TPSA) is 85.1 Å². The van der Waals surface area contributed by atoms with Crippen LogP contribution in [0.3, 0.4) is 0 Å². The maximum atomic E-state index is 12.5. The fraction of sp³-hybridized carbons (Fsp3) is 0.385. The number of hydrogen-bond acceptors (Lipinski definition) is 5. The summed E-state index contributed by atoms with van der Waals surface area (Å²) >= 11 is 0. The normalized spacial score (nSPS) is 13.1. The number of hydrogen-bond donors (Lipinski definition) is 1. The maximum absolute atomic E-state index is 12.5. The highest BCUT2D eigenvalue weighted by atomic mass is 32.2. The fourth-order valence-electron chi connectivity index (χ4n) is 1.56. The van der Waals surface area contributed by atoms with Gasteiger partial charge in [0.05, 0.1) is 10.5 Å². The van der Waals surface area contributed by atoms with Gasteiger partial charge in [0.2, 0.25) is 5.89 Å². The van der Waals surface area contributed by atoms with Crippen molar-refractivity contribution in [1.82, 2.24) is 10.2 Å². The second kappa shape index (κ2) is 5.52. The molecular formula is C13H14F3N3O3S. The SMILES string of the molecule is CC(C)(C)c1nnc(NS(=O)(=O)c2ccc(C(F)(F)F)cc2)o1. The Hall–Kier alpha value is -2.10. The van der Waals surface area contributed by atoms with Gasteiger partial charge in [-0.25, -0.2) is 13.1 Å². The third-order valence-electron chi connectivity index (χ3n) is 2.78. The number of sulfonamides is 1. The lowest BCUT2D eigenvalue weighted by Crippen LogP contribution is -2.14. The summed E-state index contributed by atoms with van der Waals surface area (Å²) in [4.78, 5) is -0.346. The number of nitrogens with one attached hydrogen (secondary N) is 1. The van der Waals surface area contributed by atoms with Crippen LogP contribution in [0, 0.1) is 0 Å². The summed E-state index contributed by atoms with van der Waals surface area (Å²) in [7, 11) is -4.12. The van der Waals surface area contributed by atoms with E-state index in [1.807, 2.05) is 4.72 Å². The Labute approximate surface area is 130 Å². The second-order valence-electron chi connectivity index (χ2n) is 5.79. The molecule has 1 heterocycles. The van der Waals surface area contributed by atoms with Gasteiger partial charge in [-0.15, -0.1) is 5.10 Å². The maximum Gasteiger partial charge on any atom is 0.416 e. The van der Waals surface area contributed by atoms with Gasteiger partial charge in [0.15, 0.2) is 0 Å².